The second kappa shape index (κ2) is 8.01. The van der Waals surface area contributed by atoms with Crippen molar-refractivity contribution in [2.45, 2.75) is 39.5 Å². The van der Waals surface area contributed by atoms with E-state index in [9.17, 15) is 14.4 Å². The Morgan fingerprint density at radius 1 is 1.07 bits per heavy atom. The molecule has 9 heteroatoms. The first kappa shape index (κ1) is 21.7. The highest BCUT2D eigenvalue weighted by molar-refractivity contribution is 6.42. The number of aromatic nitrogens is 1. The first-order chi connectivity index (χ1) is 13.5. The lowest BCUT2D eigenvalue weighted by Gasteiger charge is -2.32. The van der Waals surface area contributed by atoms with Crippen LogP contribution >= 0.6 is 34.8 Å². The van der Waals surface area contributed by atoms with Crippen molar-refractivity contribution in [3.05, 3.63) is 56.3 Å². The summed E-state index contributed by atoms with van der Waals surface area (Å²) < 4.78 is 11.8. The maximum Gasteiger partial charge on any atom is 0.323 e. The largest absolute Gasteiger partial charge is 0.422 e. The Morgan fingerprint density at radius 2 is 1.62 bits per heavy atom. The Morgan fingerprint density at radius 3 is 2.17 bits per heavy atom. The van der Waals surface area contributed by atoms with Gasteiger partial charge in [0.25, 0.3) is 5.79 Å². The molecule has 1 fully saturated rings. The monoisotopic (exact) mass is 457 g/mol. The highest BCUT2D eigenvalue weighted by atomic mass is 35.5. The molecule has 1 saturated heterocycles. The predicted octanol–water partition coefficient (Wildman–Crippen LogP) is 4.83. The van der Waals surface area contributed by atoms with Crippen LogP contribution in [0.1, 0.15) is 41.9 Å². The summed E-state index contributed by atoms with van der Waals surface area (Å²) in [6.45, 7) is 4.73. The van der Waals surface area contributed by atoms with Crippen LogP contribution in [-0.4, -0.2) is 28.1 Å². The number of carbonyl (C=O) groups excluding carboxylic acids is 3. The van der Waals surface area contributed by atoms with Gasteiger partial charge in [-0.05, 0) is 43.2 Å². The molecule has 0 radical (unpaired) electrons. The van der Waals surface area contributed by atoms with Gasteiger partial charge < -0.3 is 14.0 Å². The van der Waals surface area contributed by atoms with Gasteiger partial charge in [0.2, 0.25) is 5.78 Å². The van der Waals surface area contributed by atoms with Crippen molar-refractivity contribution in [2.24, 2.45) is 5.92 Å². The van der Waals surface area contributed by atoms with Gasteiger partial charge >= 0.3 is 11.9 Å². The first-order valence-corrected chi connectivity index (χ1v) is 9.95. The van der Waals surface area contributed by atoms with E-state index >= 15 is 0 Å². The smallest absolute Gasteiger partial charge is 0.323 e. The summed E-state index contributed by atoms with van der Waals surface area (Å²) in [5.41, 5.74) is 1.19. The maximum atomic E-state index is 13.1. The van der Waals surface area contributed by atoms with Crippen molar-refractivity contribution in [1.29, 1.82) is 0 Å². The topological polar surface area (TPSA) is 74.6 Å². The van der Waals surface area contributed by atoms with E-state index < -0.39 is 23.6 Å². The van der Waals surface area contributed by atoms with Gasteiger partial charge in [0.15, 0.2) is 5.92 Å². The van der Waals surface area contributed by atoms with E-state index in [4.69, 9.17) is 44.3 Å². The molecule has 0 amide bonds. The molecule has 1 aromatic carbocycles. The average molecular weight is 459 g/mol. The average Bonchev–Trinajstić information content (AvgIpc) is 2.84. The number of hydrogen-bond donors (Lipinski definition) is 0. The van der Waals surface area contributed by atoms with Crippen LogP contribution in [0, 0.1) is 12.8 Å². The van der Waals surface area contributed by atoms with Gasteiger partial charge in [-0.15, -0.1) is 0 Å². The van der Waals surface area contributed by atoms with Crippen LogP contribution in [0.5, 0.6) is 0 Å². The normalized spacial score (nSPS) is 16.5. The van der Waals surface area contributed by atoms with Gasteiger partial charge in [0.1, 0.15) is 5.15 Å². The number of hydrogen-bond acceptors (Lipinski definition) is 5. The molecule has 0 saturated carbocycles. The second-order valence-electron chi connectivity index (χ2n) is 7.15. The Hall–Kier alpha value is -2.02. The maximum absolute atomic E-state index is 13.1. The van der Waals surface area contributed by atoms with Gasteiger partial charge in [-0.25, -0.2) is 0 Å². The molecule has 2 heterocycles. The van der Waals surface area contributed by atoms with Crippen LogP contribution < -0.4 is 0 Å². The number of rotatable bonds is 5. The Labute approximate surface area is 182 Å². The fraction of sp³-hybridized carbons (Fsp3) is 0.350. The van der Waals surface area contributed by atoms with E-state index in [1.807, 2.05) is 0 Å². The summed E-state index contributed by atoms with van der Waals surface area (Å²) in [5.74, 6) is -4.07. The van der Waals surface area contributed by atoms with Crippen LogP contribution in [0.25, 0.3) is 0 Å². The molecular weight excluding hydrogens is 441 g/mol. The van der Waals surface area contributed by atoms with Crippen LogP contribution in [-0.2, 0) is 25.6 Å². The molecule has 1 aliphatic rings. The van der Waals surface area contributed by atoms with Crippen LogP contribution in [0.15, 0.2) is 24.3 Å². The zero-order valence-corrected chi connectivity index (χ0v) is 18.2. The quantitative estimate of drug-likeness (QED) is 0.364. The third-order valence-electron chi connectivity index (χ3n) is 4.60. The number of halogens is 3. The zero-order valence-electron chi connectivity index (χ0n) is 15.9. The lowest BCUT2D eigenvalue weighted by molar-refractivity contribution is -0.240. The summed E-state index contributed by atoms with van der Waals surface area (Å²) in [6, 6.07) is 6.41. The van der Waals surface area contributed by atoms with E-state index in [2.05, 4.69) is 0 Å². The van der Waals surface area contributed by atoms with Gasteiger partial charge in [-0.2, -0.15) is 0 Å². The van der Waals surface area contributed by atoms with Gasteiger partial charge in [-0.3, -0.25) is 14.4 Å². The molecule has 29 heavy (non-hydrogen) atoms. The fourth-order valence-corrected chi connectivity index (χ4v) is 3.78. The summed E-state index contributed by atoms with van der Waals surface area (Å²) >= 11 is 18.5. The molecule has 0 atom stereocenters. The molecule has 1 aromatic heterocycles. The number of benzene rings is 1. The number of ether oxygens (including phenoxy) is 2. The van der Waals surface area contributed by atoms with E-state index in [-0.39, 0.29) is 34.6 Å². The summed E-state index contributed by atoms with van der Waals surface area (Å²) in [7, 11) is 0. The number of esters is 2. The number of carbonyl (C=O) groups is 3. The SMILES string of the molecule is Cc1c(Cl)c(Cl)n(CCC2C(=O)OC(C)(C)OC2=O)c1C(=O)c1ccc(Cl)cc1. The van der Waals surface area contributed by atoms with Gasteiger partial charge in [0, 0.05) is 31.0 Å². The molecule has 3 rings (SSSR count). The predicted molar refractivity (Wildman–Crippen MR) is 108 cm³/mol. The molecule has 154 valence electrons. The summed E-state index contributed by atoms with van der Waals surface area (Å²) in [4.78, 5) is 37.5. The Kier molecular flexibility index (Phi) is 5.99. The molecule has 0 unspecified atom stereocenters. The number of nitrogens with zero attached hydrogens (tertiary/aromatic N) is 1. The Bertz CT molecular complexity index is 975. The Balaban J connectivity index is 1.89. The van der Waals surface area contributed by atoms with E-state index in [0.717, 1.165) is 0 Å². The molecule has 0 bridgehead atoms. The third kappa shape index (κ3) is 4.29. The highest BCUT2D eigenvalue weighted by Crippen LogP contribution is 2.34. The van der Waals surface area contributed by atoms with Crippen LogP contribution in [0.2, 0.25) is 15.2 Å². The van der Waals surface area contributed by atoms with E-state index in [1.165, 1.54) is 18.4 Å². The summed E-state index contributed by atoms with van der Waals surface area (Å²) in [6.07, 6.45) is 0.0405. The number of ketones is 1. The van der Waals surface area contributed by atoms with E-state index in [0.29, 0.717) is 16.1 Å². The van der Waals surface area contributed by atoms with E-state index in [1.54, 1.807) is 31.2 Å². The standard InChI is InChI=1S/C20H18Cl3NO5/c1-10-14(22)17(23)24(15(10)16(25)11-4-6-12(21)7-5-11)9-8-13-18(26)28-20(2,3)29-19(13)27/h4-7,13H,8-9H2,1-3H3. The minimum Gasteiger partial charge on any atom is -0.422 e. The van der Waals surface area contributed by atoms with Crippen LogP contribution in [0.4, 0.5) is 0 Å². The minimum atomic E-state index is -1.30. The van der Waals surface area contributed by atoms with Crippen LogP contribution in [0.3, 0.4) is 0 Å². The summed E-state index contributed by atoms with van der Waals surface area (Å²) in [5, 5.41) is 0.889. The molecule has 2 aromatic rings. The minimum absolute atomic E-state index is 0.0405. The molecular formula is C20H18Cl3NO5. The molecule has 1 aliphatic heterocycles. The molecule has 0 spiro atoms. The second-order valence-corrected chi connectivity index (χ2v) is 8.32. The lowest BCUT2D eigenvalue weighted by Crippen LogP contribution is -2.46. The van der Waals surface area contributed by atoms with Crippen molar-refractivity contribution in [2.75, 3.05) is 0 Å². The third-order valence-corrected chi connectivity index (χ3v) is 5.80. The van der Waals surface area contributed by atoms with Crippen molar-refractivity contribution in [3.8, 4) is 0 Å². The fourth-order valence-electron chi connectivity index (χ4n) is 3.16. The molecule has 0 N–H and O–H groups in total. The van der Waals surface area contributed by atoms with Crippen molar-refractivity contribution >= 4 is 52.5 Å². The van der Waals surface area contributed by atoms with Crippen molar-refractivity contribution in [1.82, 2.24) is 4.57 Å². The lowest BCUT2D eigenvalue weighted by atomic mass is 10.0. The zero-order chi connectivity index (χ0) is 21.5. The number of cyclic esters (lactones) is 2. The van der Waals surface area contributed by atoms with Crippen molar-refractivity contribution < 1.29 is 23.9 Å². The molecule has 0 aliphatic carbocycles. The highest BCUT2D eigenvalue weighted by Gasteiger charge is 2.43. The van der Waals surface area contributed by atoms with Gasteiger partial charge in [-0.1, -0.05) is 34.8 Å². The van der Waals surface area contributed by atoms with Crippen molar-refractivity contribution in [3.63, 3.8) is 0 Å². The first-order valence-electron chi connectivity index (χ1n) is 8.82. The van der Waals surface area contributed by atoms with Gasteiger partial charge in [0.05, 0.1) is 10.7 Å². The molecule has 6 nitrogen and oxygen atoms in total.